The molecular formula is C9H3ClF3NO2. The average Bonchev–Trinajstić information content (AvgIpc) is 2.19. The number of rotatable bonds is 1. The largest absolute Gasteiger partial charge is 0.491 e. The fourth-order valence-electron chi connectivity index (χ4n) is 0.851. The smallest absolute Gasteiger partial charge is 0.417 e. The van der Waals surface area contributed by atoms with Gasteiger partial charge in [0.05, 0.1) is 10.6 Å². The Morgan fingerprint density at radius 2 is 2.06 bits per heavy atom. The van der Waals surface area contributed by atoms with Gasteiger partial charge in [-0.05, 0) is 12.1 Å². The van der Waals surface area contributed by atoms with Crippen molar-refractivity contribution in [1.29, 1.82) is 5.26 Å². The highest BCUT2D eigenvalue weighted by molar-refractivity contribution is 6.32. The van der Waals surface area contributed by atoms with E-state index in [9.17, 15) is 18.0 Å². The molecule has 0 saturated carbocycles. The van der Waals surface area contributed by atoms with Crippen LogP contribution in [-0.4, -0.2) is 12.1 Å². The summed E-state index contributed by atoms with van der Waals surface area (Å²) in [6.07, 6.45) is -5.13. The Morgan fingerprint density at radius 3 is 2.56 bits per heavy atom. The van der Waals surface area contributed by atoms with E-state index in [0.717, 1.165) is 0 Å². The summed E-state index contributed by atoms with van der Waals surface area (Å²) in [7, 11) is 0. The highest BCUT2D eigenvalue weighted by Crippen LogP contribution is 2.30. The topological polar surface area (TPSA) is 50.1 Å². The van der Waals surface area contributed by atoms with E-state index >= 15 is 0 Å². The second-order valence-corrected chi connectivity index (χ2v) is 3.02. The molecule has 0 bridgehead atoms. The highest BCUT2D eigenvalue weighted by atomic mass is 35.5. The number of esters is 1. The molecule has 0 radical (unpaired) electrons. The van der Waals surface area contributed by atoms with Gasteiger partial charge in [-0.2, -0.15) is 18.4 Å². The Morgan fingerprint density at radius 1 is 1.44 bits per heavy atom. The SMILES string of the molecule is N#Cc1cccc(Cl)c1OC(=O)C(F)(F)F. The maximum absolute atomic E-state index is 11.9. The molecule has 0 saturated heterocycles. The molecule has 0 fully saturated rings. The number of halogens is 4. The molecule has 0 aliphatic heterocycles. The van der Waals surface area contributed by atoms with Crippen LogP contribution in [0.1, 0.15) is 5.56 Å². The molecule has 1 rings (SSSR count). The number of alkyl halides is 3. The van der Waals surface area contributed by atoms with Gasteiger partial charge in [0.1, 0.15) is 6.07 Å². The fraction of sp³-hybridized carbons (Fsp3) is 0.111. The second kappa shape index (κ2) is 4.41. The monoisotopic (exact) mass is 249 g/mol. The van der Waals surface area contributed by atoms with E-state index in [1.54, 1.807) is 6.07 Å². The zero-order valence-electron chi connectivity index (χ0n) is 7.51. The standard InChI is InChI=1S/C9H3ClF3NO2/c10-6-3-1-2-5(4-14)7(6)16-8(15)9(11,12)13/h1-3H. The molecule has 0 aliphatic rings. The lowest BCUT2D eigenvalue weighted by Gasteiger charge is -2.09. The second-order valence-electron chi connectivity index (χ2n) is 2.62. The van der Waals surface area contributed by atoms with Gasteiger partial charge >= 0.3 is 12.1 Å². The summed E-state index contributed by atoms with van der Waals surface area (Å²) in [5.41, 5.74) is -0.245. The van der Waals surface area contributed by atoms with Gasteiger partial charge in [0.25, 0.3) is 0 Å². The van der Waals surface area contributed by atoms with Crippen LogP contribution < -0.4 is 4.74 Å². The first kappa shape index (κ1) is 12.3. The molecule has 3 nitrogen and oxygen atoms in total. The Balaban J connectivity index is 3.07. The Hall–Kier alpha value is -1.74. The Bertz CT molecular complexity index is 465. The van der Waals surface area contributed by atoms with Crippen molar-refractivity contribution in [3.63, 3.8) is 0 Å². The van der Waals surface area contributed by atoms with Crippen molar-refractivity contribution in [2.24, 2.45) is 0 Å². The normalized spacial score (nSPS) is 10.7. The number of carbonyl (C=O) groups excluding carboxylic acids is 1. The zero-order valence-corrected chi connectivity index (χ0v) is 8.26. The summed E-state index contributed by atoms with van der Waals surface area (Å²) in [5, 5.41) is 8.34. The van der Waals surface area contributed by atoms with Gasteiger partial charge in [-0.1, -0.05) is 17.7 Å². The van der Waals surface area contributed by atoms with Gasteiger partial charge in [0.2, 0.25) is 0 Å². The third-order valence-electron chi connectivity index (χ3n) is 1.51. The first-order valence-electron chi connectivity index (χ1n) is 3.84. The van der Waals surface area contributed by atoms with Crippen molar-refractivity contribution < 1.29 is 22.7 Å². The molecule has 7 heteroatoms. The maximum Gasteiger partial charge on any atom is 0.491 e. The molecule has 0 aliphatic carbocycles. The molecular weight excluding hydrogens is 247 g/mol. The van der Waals surface area contributed by atoms with E-state index in [1.807, 2.05) is 0 Å². The highest BCUT2D eigenvalue weighted by Gasteiger charge is 2.42. The lowest BCUT2D eigenvalue weighted by atomic mass is 10.2. The van der Waals surface area contributed by atoms with E-state index in [4.69, 9.17) is 16.9 Å². The van der Waals surface area contributed by atoms with Gasteiger partial charge in [-0.3, -0.25) is 0 Å². The molecule has 16 heavy (non-hydrogen) atoms. The van der Waals surface area contributed by atoms with Crippen LogP contribution in [0.3, 0.4) is 0 Å². The number of para-hydroxylation sites is 1. The molecule has 0 heterocycles. The number of hydrogen-bond donors (Lipinski definition) is 0. The van der Waals surface area contributed by atoms with Crippen molar-refractivity contribution in [2.45, 2.75) is 6.18 Å². The third-order valence-corrected chi connectivity index (χ3v) is 1.81. The lowest BCUT2D eigenvalue weighted by molar-refractivity contribution is -0.189. The molecule has 0 spiro atoms. The zero-order chi connectivity index (χ0) is 12.3. The summed E-state index contributed by atoms with van der Waals surface area (Å²) in [4.78, 5) is 10.5. The van der Waals surface area contributed by atoms with Gasteiger partial charge in [-0.25, -0.2) is 4.79 Å². The number of carbonyl (C=O) groups is 1. The fourth-order valence-corrected chi connectivity index (χ4v) is 1.06. The van der Waals surface area contributed by atoms with Crippen LogP contribution in [0.5, 0.6) is 5.75 Å². The van der Waals surface area contributed by atoms with E-state index in [2.05, 4.69) is 4.74 Å². The first-order chi connectivity index (χ1) is 7.36. The minimum Gasteiger partial charge on any atom is -0.417 e. The van der Waals surface area contributed by atoms with Gasteiger partial charge in [0, 0.05) is 0 Å². The van der Waals surface area contributed by atoms with Gasteiger partial charge in [0.15, 0.2) is 5.75 Å². The van der Waals surface area contributed by atoms with E-state index < -0.39 is 17.9 Å². The lowest BCUT2D eigenvalue weighted by Crippen LogP contribution is -2.28. The molecule has 84 valence electrons. The van der Waals surface area contributed by atoms with Crippen LogP contribution in [0, 0.1) is 11.3 Å². The number of benzene rings is 1. The molecule has 1 aromatic rings. The quantitative estimate of drug-likeness (QED) is 0.568. The predicted molar refractivity (Wildman–Crippen MR) is 47.9 cm³/mol. The van der Waals surface area contributed by atoms with Crippen molar-refractivity contribution in [2.75, 3.05) is 0 Å². The van der Waals surface area contributed by atoms with Crippen LogP contribution in [0.4, 0.5) is 13.2 Å². The van der Waals surface area contributed by atoms with Crippen LogP contribution in [0.15, 0.2) is 18.2 Å². The summed E-state index contributed by atoms with van der Waals surface area (Å²) < 4.78 is 39.7. The minimum atomic E-state index is -5.13. The number of ether oxygens (including phenoxy) is 1. The molecule has 1 aromatic carbocycles. The third kappa shape index (κ3) is 2.64. The van der Waals surface area contributed by atoms with Crippen molar-refractivity contribution in [3.05, 3.63) is 28.8 Å². The van der Waals surface area contributed by atoms with E-state index in [1.165, 1.54) is 18.2 Å². The van der Waals surface area contributed by atoms with E-state index in [-0.39, 0.29) is 10.6 Å². The summed E-state index contributed by atoms with van der Waals surface area (Å²) in [6, 6.07) is 5.31. The molecule has 0 amide bonds. The van der Waals surface area contributed by atoms with Crippen LogP contribution >= 0.6 is 11.6 Å². The predicted octanol–water partition coefficient (Wildman–Crippen LogP) is 2.68. The van der Waals surface area contributed by atoms with Crippen molar-refractivity contribution in [3.8, 4) is 11.8 Å². The average molecular weight is 250 g/mol. The Kier molecular flexibility index (Phi) is 3.40. The number of nitrogens with zero attached hydrogens (tertiary/aromatic N) is 1. The van der Waals surface area contributed by atoms with Crippen molar-refractivity contribution in [1.82, 2.24) is 0 Å². The summed E-state index contributed by atoms with van der Waals surface area (Å²) in [6.45, 7) is 0. The van der Waals surface area contributed by atoms with Gasteiger partial charge < -0.3 is 4.74 Å². The van der Waals surface area contributed by atoms with E-state index in [0.29, 0.717) is 0 Å². The molecule has 0 aromatic heterocycles. The first-order valence-corrected chi connectivity index (χ1v) is 4.21. The molecule has 0 N–H and O–H groups in total. The molecule has 0 atom stereocenters. The number of hydrogen-bond acceptors (Lipinski definition) is 3. The summed E-state index contributed by atoms with van der Waals surface area (Å²) >= 11 is 5.51. The van der Waals surface area contributed by atoms with Gasteiger partial charge in [-0.15, -0.1) is 0 Å². The molecule has 0 unspecified atom stereocenters. The Labute approximate surface area is 93.0 Å². The van der Waals surface area contributed by atoms with Crippen LogP contribution in [0.25, 0.3) is 0 Å². The maximum atomic E-state index is 11.9. The van der Waals surface area contributed by atoms with Crippen LogP contribution in [-0.2, 0) is 4.79 Å². The van der Waals surface area contributed by atoms with Crippen molar-refractivity contribution >= 4 is 17.6 Å². The van der Waals surface area contributed by atoms with Crippen LogP contribution in [0.2, 0.25) is 5.02 Å². The number of nitriles is 1. The minimum absolute atomic E-state index is 0.239. The summed E-state index contributed by atoms with van der Waals surface area (Å²) in [5.74, 6) is -3.01.